The van der Waals surface area contributed by atoms with Crippen LogP contribution >= 0.6 is 11.3 Å². The molecule has 86 valence electrons. The minimum atomic E-state index is 0.240. The van der Waals surface area contributed by atoms with Crippen molar-refractivity contribution in [1.82, 2.24) is 5.32 Å². The summed E-state index contributed by atoms with van der Waals surface area (Å²) in [5, 5.41) is 7.65. The van der Waals surface area contributed by atoms with Crippen LogP contribution in [-0.4, -0.2) is 7.05 Å². The predicted octanol–water partition coefficient (Wildman–Crippen LogP) is 3.58. The summed E-state index contributed by atoms with van der Waals surface area (Å²) in [4.78, 5) is 0. The van der Waals surface area contributed by atoms with Crippen molar-refractivity contribution in [3.8, 4) is 0 Å². The van der Waals surface area contributed by atoms with Crippen molar-refractivity contribution in [2.45, 2.75) is 26.8 Å². The third-order valence-corrected chi connectivity index (χ3v) is 3.77. The number of rotatable bonds is 3. The lowest BCUT2D eigenvalue weighted by atomic mass is 9.98. The van der Waals surface area contributed by atoms with E-state index >= 15 is 0 Å². The van der Waals surface area contributed by atoms with Gasteiger partial charge >= 0.3 is 0 Å². The monoisotopic (exact) mass is 235 g/mol. The molecule has 16 heavy (non-hydrogen) atoms. The van der Waals surface area contributed by atoms with Crippen molar-refractivity contribution in [3.63, 3.8) is 0 Å². The maximum atomic E-state index is 5.69. The second kappa shape index (κ2) is 4.44. The minimum absolute atomic E-state index is 0.240. The molecular formula is C13H17NOS. The molecule has 0 fully saturated rings. The molecule has 1 unspecified atom stereocenters. The first-order valence-corrected chi connectivity index (χ1v) is 6.35. The molecule has 2 rings (SSSR count). The van der Waals surface area contributed by atoms with E-state index in [1.54, 1.807) is 11.3 Å². The molecule has 0 saturated carbocycles. The summed E-state index contributed by atoms with van der Waals surface area (Å²) < 4.78 is 5.69. The highest BCUT2D eigenvalue weighted by molar-refractivity contribution is 7.08. The van der Waals surface area contributed by atoms with Gasteiger partial charge in [-0.15, -0.1) is 0 Å². The molecule has 2 heterocycles. The number of nitrogens with one attached hydrogen (secondary N) is 1. The lowest BCUT2D eigenvalue weighted by Crippen LogP contribution is -2.18. The van der Waals surface area contributed by atoms with Gasteiger partial charge in [-0.05, 0) is 55.8 Å². The number of furan rings is 1. The predicted molar refractivity (Wildman–Crippen MR) is 68.1 cm³/mol. The van der Waals surface area contributed by atoms with Gasteiger partial charge in [-0.2, -0.15) is 11.3 Å². The van der Waals surface area contributed by atoms with Crippen molar-refractivity contribution in [3.05, 3.63) is 45.0 Å². The van der Waals surface area contributed by atoms with Crippen molar-refractivity contribution in [2.75, 3.05) is 7.05 Å². The number of hydrogen-bond acceptors (Lipinski definition) is 3. The molecule has 3 heteroatoms. The maximum absolute atomic E-state index is 5.69. The molecule has 2 aromatic heterocycles. The first kappa shape index (κ1) is 11.4. The van der Waals surface area contributed by atoms with Crippen molar-refractivity contribution in [1.29, 1.82) is 0 Å². The van der Waals surface area contributed by atoms with E-state index < -0.39 is 0 Å². The highest BCUT2D eigenvalue weighted by Crippen LogP contribution is 2.31. The molecule has 0 amide bonds. The lowest BCUT2D eigenvalue weighted by Gasteiger charge is -2.15. The van der Waals surface area contributed by atoms with Crippen LogP contribution in [0.5, 0.6) is 0 Å². The summed E-state index contributed by atoms with van der Waals surface area (Å²) in [6.07, 6.45) is 0. The van der Waals surface area contributed by atoms with Crippen LogP contribution in [0.25, 0.3) is 0 Å². The fraction of sp³-hybridized carbons (Fsp3) is 0.385. The van der Waals surface area contributed by atoms with E-state index in [9.17, 15) is 0 Å². The second-order valence-electron chi connectivity index (χ2n) is 4.03. The topological polar surface area (TPSA) is 25.2 Å². The average molecular weight is 235 g/mol. The summed E-state index contributed by atoms with van der Waals surface area (Å²) in [6.45, 7) is 6.18. The Morgan fingerprint density at radius 2 is 2.00 bits per heavy atom. The molecule has 0 aromatic carbocycles. The summed E-state index contributed by atoms with van der Waals surface area (Å²) in [7, 11) is 1.99. The van der Waals surface area contributed by atoms with Gasteiger partial charge in [-0.3, -0.25) is 0 Å². The van der Waals surface area contributed by atoms with E-state index in [-0.39, 0.29) is 6.04 Å². The molecule has 0 spiro atoms. The van der Waals surface area contributed by atoms with Gasteiger partial charge < -0.3 is 9.73 Å². The van der Waals surface area contributed by atoms with E-state index in [1.807, 2.05) is 20.9 Å². The van der Waals surface area contributed by atoms with Gasteiger partial charge in [0.25, 0.3) is 0 Å². The number of hydrogen-bond donors (Lipinski definition) is 1. The standard InChI is InChI=1S/C13H17NOS/c1-8-9(2)15-10(3)12(8)13(14-4)11-5-6-16-7-11/h5-7,13-14H,1-4H3. The van der Waals surface area contributed by atoms with Gasteiger partial charge in [0.2, 0.25) is 0 Å². The largest absolute Gasteiger partial charge is 0.466 e. The van der Waals surface area contributed by atoms with E-state index in [4.69, 9.17) is 4.42 Å². The highest BCUT2D eigenvalue weighted by atomic mass is 32.1. The average Bonchev–Trinajstić information content (AvgIpc) is 2.84. The van der Waals surface area contributed by atoms with Crippen LogP contribution in [0, 0.1) is 20.8 Å². The molecule has 0 radical (unpaired) electrons. The summed E-state index contributed by atoms with van der Waals surface area (Å²) in [6, 6.07) is 2.40. The van der Waals surface area contributed by atoms with Crippen molar-refractivity contribution >= 4 is 11.3 Å². The molecule has 0 aliphatic rings. The smallest absolute Gasteiger partial charge is 0.106 e. The van der Waals surface area contributed by atoms with Crippen LogP contribution < -0.4 is 5.32 Å². The summed E-state index contributed by atoms with van der Waals surface area (Å²) in [5.41, 5.74) is 3.83. The Morgan fingerprint density at radius 3 is 2.44 bits per heavy atom. The van der Waals surface area contributed by atoms with E-state index in [0.717, 1.165) is 11.5 Å². The zero-order chi connectivity index (χ0) is 11.7. The van der Waals surface area contributed by atoms with Gasteiger partial charge in [0, 0.05) is 5.56 Å². The van der Waals surface area contributed by atoms with Crippen LogP contribution in [-0.2, 0) is 0 Å². The first-order chi connectivity index (χ1) is 7.65. The minimum Gasteiger partial charge on any atom is -0.466 e. The molecule has 0 aliphatic carbocycles. The van der Waals surface area contributed by atoms with Gasteiger partial charge in [0.05, 0.1) is 6.04 Å². The number of thiophene rings is 1. The van der Waals surface area contributed by atoms with Gasteiger partial charge in [-0.1, -0.05) is 0 Å². The Bertz CT molecular complexity index is 470. The van der Waals surface area contributed by atoms with Gasteiger partial charge in [0.1, 0.15) is 11.5 Å². The normalized spacial score (nSPS) is 13.0. The quantitative estimate of drug-likeness (QED) is 0.879. The molecule has 0 bridgehead atoms. The molecule has 2 aromatic rings. The zero-order valence-corrected chi connectivity index (χ0v) is 10.9. The molecule has 2 nitrogen and oxygen atoms in total. The molecule has 1 N–H and O–H groups in total. The Hall–Kier alpha value is -1.06. The second-order valence-corrected chi connectivity index (χ2v) is 4.81. The van der Waals surface area contributed by atoms with Crippen LogP contribution in [0.4, 0.5) is 0 Å². The van der Waals surface area contributed by atoms with Crippen molar-refractivity contribution in [2.24, 2.45) is 0 Å². The van der Waals surface area contributed by atoms with Crippen LogP contribution in [0.15, 0.2) is 21.2 Å². The fourth-order valence-corrected chi connectivity index (χ4v) is 2.84. The highest BCUT2D eigenvalue weighted by Gasteiger charge is 2.21. The lowest BCUT2D eigenvalue weighted by molar-refractivity contribution is 0.496. The third-order valence-electron chi connectivity index (χ3n) is 3.07. The zero-order valence-electron chi connectivity index (χ0n) is 10.1. The summed E-state index contributed by atoms with van der Waals surface area (Å²) >= 11 is 1.73. The Kier molecular flexibility index (Phi) is 3.17. The number of aryl methyl sites for hydroxylation is 2. The van der Waals surface area contributed by atoms with Gasteiger partial charge in [0.15, 0.2) is 0 Å². The Morgan fingerprint density at radius 1 is 1.25 bits per heavy atom. The third kappa shape index (κ3) is 1.81. The van der Waals surface area contributed by atoms with Gasteiger partial charge in [-0.25, -0.2) is 0 Å². The van der Waals surface area contributed by atoms with Crippen LogP contribution in [0.1, 0.15) is 34.3 Å². The summed E-state index contributed by atoms with van der Waals surface area (Å²) in [5.74, 6) is 2.03. The van der Waals surface area contributed by atoms with E-state index in [0.29, 0.717) is 0 Å². The SMILES string of the molecule is CNC(c1ccsc1)c1c(C)oc(C)c1C. The van der Waals surface area contributed by atoms with E-state index in [2.05, 4.69) is 29.1 Å². The molecule has 1 atom stereocenters. The Labute approximate surface area is 100 Å². The molecule has 0 aliphatic heterocycles. The van der Waals surface area contributed by atoms with Crippen LogP contribution in [0.3, 0.4) is 0 Å². The first-order valence-electron chi connectivity index (χ1n) is 5.41. The van der Waals surface area contributed by atoms with Crippen LogP contribution in [0.2, 0.25) is 0 Å². The van der Waals surface area contributed by atoms with Crippen molar-refractivity contribution < 1.29 is 4.42 Å². The molecule has 0 saturated heterocycles. The maximum Gasteiger partial charge on any atom is 0.106 e. The molecular weight excluding hydrogens is 218 g/mol. The van der Waals surface area contributed by atoms with E-state index in [1.165, 1.54) is 16.7 Å². The Balaban J connectivity index is 2.49. The fourth-order valence-electron chi connectivity index (χ4n) is 2.15.